The second-order valence-electron chi connectivity index (χ2n) is 4.86. The summed E-state index contributed by atoms with van der Waals surface area (Å²) in [4.78, 5) is 14.3. The zero-order valence-corrected chi connectivity index (χ0v) is 14.4. The molecule has 0 aliphatic rings. The number of H-pyrrole nitrogens is 1. The van der Waals surface area contributed by atoms with Crippen molar-refractivity contribution in [2.24, 2.45) is 0 Å². The lowest BCUT2D eigenvalue weighted by Gasteiger charge is -2.13. The number of nitrogens with one attached hydrogen (secondary N) is 1. The van der Waals surface area contributed by atoms with E-state index in [0.717, 1.165) is 32.1 Å². The minimum atomic E-state index is 0.0597. The molecule has 1 N–H and O–H groups in total. The van der Waals surface area contributed by atoms with Gasteiger partial charge in [0.15, 0.2) is 6.29 Å². The van der Waals surface area contributed by atoms with Crippen LogP contribution in [-0.2, 0) is 16.1 Å². The third-order valence-electron chi connectivity index (χ3n) is 2.91. The molecule has 0 atom stereocenters. The molecule has 0 saturated heterocycles. The standard InChI is InChI=1S/C15H18INO4/c1-9(2)21-12-5-4-10(7-20-8-19-3)13-14(16)11(6-18)17-15(12)13/h4-6,9,17H,7-8H2,1-3H3. The summed E-state index contributed by atoms with van der Waals surface area (Å²) in [6.45, 7) is 4.58. The van der Waals surface area contributed by atoms with Crippen LogP contribution in [0.25, 0.3) is 10.9 Å². The molecule has 0 amide bonds. The lowest BCUT2D eigenvalue weighted by molar-refractivity contribution is -0.0387. The number of hydrogen-bond donors (Lipinski definition) is 1. The summed E-state index contributed by atoms with van der Waals surface area (Å²) >= 11 is 2.17. The molecule has 0 unspecified atom stereocenters. The summed E-state index contributed by atoms with van der Waals surface area (Å²) in [5.41, 5.74) is 2.37. The van der Waals surface area contributed by atoms with Crippen molar-refractivity contribution in [3.63, 3.8) is 0 Å². The van der Waals surface area contributed by atoms with E-state index in [2.05, 4.69) is 27.6 Å². The molecule has 114 valence electrons. The highest BCUT2D eigenvalue weighted by Crippen LogP contribution is 2.34. The molecule has 5 nitrogen and oxygen atoms in total. The maximum absolute atomic E-state index is 11.2. The Morgan fingerprint density at radius 2 is 2.14 bits per heavy atom. The molecule has 0 saturated carbocycles. The first-order chi connectivity index (χ1) is 10.1. The van der Waals surface area contributed by atoms with Crippen molar-refractivity contribution in [2.45, 2.75) is 26.6 Å². The summed E-state index contributed by atoms with van der Waals surface area (Å²) in [5.74, 6) is 0.738. The van der Waals surface area contributed by atoms with Gasteiger partial charge in [0.25, 0.3) is 0 Å². The third kappa shape index (κ3) is 3.56. The molecule has 0 aliphatic heterocycles. The number of hydrogen-bond acceptors (Lipinski definition) is 4. The van der Waals surface area contributed by atoms with Gasteiger partial charge in [0.2, 0.25) is 0 Å². The summed E-state index contributed by atoms with van der Waals surface area (Å²) < 4.78 is 17.0. The molecular weight excluding hydrogens is 385 g/mol. The zero-order valence-electron chi connectivity index (χ0n) is 12.2. The Bertz CT molecular complexity index is 636. The number of aromatic amines is 1. The maximum atomic E-state index is 11.2. The number of carbonyl (C=O) groups is 1. The first-order valence-electron chi connectivity index (χ1n) is 6.60. The van der Waals surface area contributed by atoms with E-state index in [1.54, 1.807) is 7.11 Å². The van der Waals surface area contributed by atoms with Gasteiger partial charge >= 0.3 is 0 Å². The van der Waals surface area contributed by atoms with Gasteiger partial charge in [0, 0.05) is 16.1 Å². The number of aromatic nitrogens is 1. The predicted molar refractivity (Wildman–Crippen MR) is 88.8 cm³/mol. The van der Waals surface area contributed by atoms with Crippen molar-refractivity contribution in [1.82, 2.24) is 4.98 Å². The highest BCUT2D eigenvalue weighted by Gasteiger charge is 2.17. The quantitative estimate of drug-likeness (QED) is 0.333. The van der Waals surface area contributed by atoms with Crippen LogP contribution in [0.1, 0.15) is 29.9 Å². The largest absolute Gasteiger partial charge is 0.489 e. The van der Waals surface area contributed by atoms with Crippen molar-refractivity contribution in [1.29, 1.82) is 0 Å². The first-order valence-corrected chi connectivity index (χ1v) is 7.68. The van der Waals surface area contributed by atoms with Gasteiger partial charge in [-0.3, -0.25) is 4.79 Å². The van der Waals surface area contributed by atoms with Crippen LogP contribution >= 0.6 is 22.6 Å². The summed E-state index contributed by atoms with van der Waals surface area (Å²) in [7, 11) is 1.58. The number of carbonyl (C=O) groups excluding carboxylic acids is 1. The van der Waals surface area contributed by atoms with Gasteiger partial charge in [-0.25, -0.2) is 0 Å². The number of aldehydes is 1. The molecule has 1 aromatic carbocycles. The van der Waals surface area contributed by atoms with E-state index >= 15 is 0 Å². The van der Waals surface area contributed by atoms with E-state index in [1.165, 1.54) is 0 Å². The van der Waals surface area contributed by atoms with E-state index in [9.17, 15) is 4.79 Å². The molecule has 21 heavy (non-hydrogen) atoms. The second kappa shape index (κ2) is 7.24. The topological polar surface area (TPSA) is 60.6 Å². The van der Waals surface area contributed by atoms with Gasteiger partial charge < -0.3 is 19.2 Å². The van der Waals surface area contributed by atoms with E-state index in [0.29, 0.717) is 12.3 Å². The Kier molecular flexibility index (Phi) is 5.60. The molecule has 1 aromatic heterocycles. The average Bonchev–Trinajstić information content (AvgIpc) is 2.79. The van der Waals surface area contributed by atoms with Crippen LogP contribution in [0.3, 0.4) is 0 Å². The van der Waals surface area contributed by atoms with Gasteiger partial charge in [0.05, 0.1) is 23.9 Å². The zero-order chi connectivity index (χ0) is 15.4. The molecule has 2 rings (SSSR count). The van der Waals surface area contributed by atoms with Gasteiger partial charge in [-0.2, -0.15) is 0 Å². The van der Waals surface area contributed by atoms with Gasteiger partial charge in [-0.1, -0.05) is 6.07 Å². The number of rotatable bonds is 7. The van der Waals surface area contributed by atoms with Gasteiger partial charge in [-0.05, 0) is 48.1 Å². The van der Waals surface area contributed by atoms with Crippen molar-refractivity contribution in [2.75, 3.05) is 13.9 Å². The molecule has 0 aliphatic carbocycles. The molecule has 0 spiro atoms. The molecule has 2 aromatic rings. The minimum Gasteiger partial charge on any atom is -0.489 e. The van der Waals surface area contributed by atoms with E-state index in [4.69, 9.17) is 14.2 Å². The maximum Gasteiger partial charge on any atom is 0.167 e. The smallest absolute Gasteiger partial charge is 0.167 e. The third-order valence-corrected chi connectivity index (χ3v) is 4.03. The monoisotopic (exact) mass is 403 g/mol. The Morgan fingerprint density at radius 3 is 2.76 bits per heavy atom. The normalized spacial score (nSPS) is 11.3. The molecule has 0 radical (unpaired) electrons. The fourth-order valence-electron chi connectivity index (χ4n) is 2.11. The molecule has 6 heteroatoms. The highest BCUT2D eigenvalue weighted by atomic mass is 127. The van der Waals surface area contributed by atoms with E-state index in [1.807, 2.05) is 26.0 Å². The van der Waals surface area contributed by atoms with E-state index in [-0.39, 0.29) is 12.9 Å². The van der Waals surface area contributed by atoms with Crippen molar-refractivity contribution in [3.05, 3.63) is 27.0 Å². The van der Waals surface area contributed by atoms with Crippen LogP contribution in [0, 0.1) is 3.57 Å². The number of halogens is 1. The number of benzene rings is 1. The van der Waals surface area contributed by atoms with Gasteiger partial charge in [-0.15, -0.1) is 0 Å². The lowest BCUT2D eigenvalue weighted by atomic mass is 10.1. The van der Waals surface area contributed by atoms with Crippen LogP contribution in [0.15, 0.2) is 12.1 Å². The fourth-order valence-corrected chi connectivity index (χ4v) is 2.99. The Morgan fingerprint density at radius 1 is 1.38 bits per heavy atom. The van der Waals surface area contributed by atoms with E-state index < -0.39 is 0 Å². The minimum absolute atomic E-state index is 0.0597. The highest BCUT2D eigenvalue weighted by molar-refractivity contribution is 14.1. The van der Waals surface area contributed by atoms with Crippen molar-refractivity contribution < 1.29 is 19.0 Å². The SMILES string of the molecule is COCOCc1ccc(OC(C)C)c2[nH]c(C=O)c(I)c12. The molecule has 1 heterocycles. The van der Waals surface area contributed by atoms with Crippen LogP contribution < -0.4 is 4.74 Å². The van der Waals surface area contributed by atoms with Gasteiger partial charge in [0.1, 0.15) is 12.5 Å². The van der Waals surface area contributed by atoms with Crippen molar-refractivity contribution in [3.8, 4) is 5.75 Å². The van der Waals surface area contributed by atoms with Crippen LogP contribution in [0.2, 0.25) is 0 Å². The molecule has 0 bridgehead atoms. The molecular formula is C15H18INO4. The summed E-state index contributed by atoms with van der Waals surface area (Å²) in [6.07, 6.45) is 0.880. The number of fused-ring (bicyclic) bond motifs is 1. The number of methoxy groups -OCH3 is 1. The van der Waals surface area contributed by atoms with Crippen molar-refractivity contribution >= 4 is 39.8 Å². The number of ether oxygens (including phenoxy) is 3. The van der Waals surface area contributed by atoms with Crippen LogP contribution in [-0.4, -0.2) is 31.3 Å². The summed E-state index contributed by atoms with van der Waals surface area (Å²) in [5, 5.41) is 0.965. The summed E-state index contributed by atoms with van der Waals surface area (Å²) in [6, 6.07) is 3.86. The Labute approximate surface area is 137 Å². The first kappa shape index (κ1) is 16.3. The molecule has 0 fully saturated rings. The average molecular weight is 403 g/mol. The van der Waals surface area contributed by atoms with Crippen LogP contribution in [0.4, 0.5) is 0 Å². The lowest BCUT2D eigenvalue weighted by Crippen LogP contribution is -2.06. The fraction of sp³-hybridized carbons (Fsp3) is 0.400. The van der Waals surface area contributed by atoms with Crippen LogP contribution in [0.5, 0.6) is 5.75 Å². The Balaban J connectivity index is 2.50. The Hall–Kier alpha value is -1.12. The second-order valence-corrected chi connectivity index (χ2v) is 5.94. The predicted octanol–water partition coefficient (Wildman–Crippen LogP) is 3.49.